The molecule has 186 valence electrons. The molecule has 7 heteroatoms. The second-order valence-corrected chi connectivity index (χ2v) is 9.32. The summed E-state index contributed by atoms with van der Waals surface area (Å²) >= 11 is 0. The molecule has 3 aromatic heterocycles. The number of fused-ring (bicyclic) bond motifs is 1. The number of nitrogens with one attached hydrogen (secondary N) is 2. The number of hydrogen-bond acceptors (Lipinski definition) is 3. The van der Waals surface area contributed by atoms with Crippen LogP contribution in [0.25, 0.3) is 39.0 Å². The lowest BCUT2D eigenvalue weighted by Crippen LogP contribution is -2.10. The number of H-pyrrole nitrogens is 2. The van der Waals surface area contributed by atoms with Crippen LogP contribution < -0.4 is 0 Å². The molecule has 0 atom stereocenters. The van der Waals surface area contributed by atoms with Crippen LogP contribution in [-0.4, -0.2) is 39.2 Å². The Kier molecular flexibility index (Phi) is 6.54. The van der Waals surface area contributed by atoms with Gasteiger partial charge < -0.3 is 9.88 Å². The first kappa shape index (κ1) is 24.3. The maximum Gasteiger partial charge on any atom is 0.149 e. The summed E-state index contributed by atoms with van der Waals surface area (Å²) in [5.41, 5.74) is 7.56. The monoisotopic (exact) mass is 495 g/mol. The summed E-state index contributed by atoms with van der Waals surface area (Å²) in [5.74, 6) is -0.703. The van der Waals surface area contributed by atoms with Crippen molar-refractivity contribution in [2.75, 3.05) is 14.1 Å². The van der Waals surface area contributed by atoms with Crippen molar-refractivity contribution in [3.8, 4) is 22.5 Å². The molecule has 0 saturated carbocycles. The zero-order valence-corrected chi connectivity index (χ0v) is 20.9. The molecule has 0 fully saturated rings. The van der Waals surface area contributed by atoms with E-state index >= 15 is 4.39 Å². The van der Waals surface area contributed by atoms with E-state index in [4.69, 9.17) is 0 Å². The largest absolute Gasteiger partial charge is 0.357 e. The second kappa shape index (κ2) is 9.95. The van der Waals surface area contributed by atoms with Crippen LogP contribution >= 0.6 is 0 Å². The zero-order chi connectivity index (χ0) is 26.1. The highest BCUT2D eigenvalue weighted by Crippen LogP contribution is 2.35. The van der Waals surface area contributed by atoms with Gasteiger partial charge in [0.1, 0.15) is 22.8 Å². The summed E-state index contributed by atoms with van der Waals surface area (Å²) in [6.07, 6.45) is 7.08. The number of rotatable bonds is 7. The minimum absolute atomic E-state index is 0.314. The molecule has 0 amide bonds. The number of aryl methyl sites for hydroxylation is 1. The molecule has 0 spiro atoms. The van der Waals surface area contributed by atoms with Gasteiger partial charge in [0, 0.05) is 41.1 Å². The van der Waals surface area contributed by atoms with Crippen molar-refractivity contribution in [3.05, 3.63) is 114 Å². The minimum Gasteiger partial charge on any atom is -0.357 e. The van der Waals surface area contributed by atoms with Crippen LogP contribution in [0.4, 0.5) is 8.78 Å². The first-order valence-corrected chi connectivity index (χ1v) is 11.9. The number of aromatic nitrogens is 4. The molecule has 0 unspecified atom stereocenters. The Morgan fingerprint density at radius 2 is 1.89 bits per heavy atom. The highest BCUT2D eigenvalue weighted by molar-refractivity contribution is 5.96. The Balaban J connectivity index is 1.60. The summed E-state index contributed by atoms with van der Waals surface area (Å²) in [4.78, 5) is 9.80. The van der Waals surface area contributed by atoms with Crippen molar-refractivity contribution >= 4 is 16.5 Å². The molecule has 5 aromatic rings. The van der Waals surface area contributed by atoms with Gasteiger partial charge in [-0.2, -0.15) is 5.10 Å². The lowest BCUT2D eigenvalue weighted by molar-refractivity contribution is 0.402. The molecule has 2 aromatic carbocycles. The van der Waals surface area contributed by atoms with Crippen molar-refractivity contribution in [2.45, 2.75) is 13.5 Å². The number of pyridine rings is 1. The first-order valence-electron chi connectivity index (χ1n) is 11.9. The van der Waals surface area contributed by atoms with E-state index in [1.54, 1.807) is 18.3 Å². The molecule has 0 bridgehead atoms. The zero-order valence-electron chi connectivity index (χ0n) is 20.9. The van der Waals surface area contributed by atoms with E-state index in [9.17, 15) is 4.39 Å². The maximum absolute atomic E-state index is 15.2. The summed E-state index contributed by atoms with van der Waals surface area (Å²) in [6, 6.07) is 13.8. The third kappa shape index (κ3) is 4.86. The number of nitrogens with zero attached hydrogens (tertiary/aromatic N) is 3. The van der Waals surface area contributed by atoms with E-state index in [2.05, 4.69) is 31.6 Å². The minimum atomic E-state index is -0.389. The van der Waals surface area contributed by atoms with E-state index in [1.165, 1.54) is 18.2 Å². The molecule has 5 rings (SSSR count). The standard InChI is InChI=1S/C30H27F2N5/c1-5-7-24(20-8-6-9-23(31)11-20)25-14-28(34-18(25)2)30-26-12-21(13-27(32)29(26)35-36-30)22-10-19(15-33-16-22)17-37(3)4/h5-16,34H,1,17H2,2-4H3,(H,35,36)/b24-7-. The van der Waals surface area contributed by atoms with Crippen LogP contribution in [0.2, 0.25) is 0 Å². The van der Waals surface area contributed by atoms with E-state index in [0.29, 0.717) is 16.6 Å². The number of aromatic amines is 2. The average molecular weight is 496 g/mol. The number of halogens is 2. The smallest absolute Gasteiger partial charge is 0.149 e. The van der Waals surface area contributed by atoms with Gasteiger partial charge >= 0.3 is 0 Å². The van der Waals surface area contributed by atoms with E-state index in [-0.39, 0.29) is 11.6 Å². The van der Waals surface area contributed by atoms with E-state index in [0.717, 1.165) is 51.3 Å². The molecule has 0 saturated heterocycles. The van der Waals surface area contributed by atoms with Crippen LogP contribution in [0.15, 0.2) is 79.7 Å². The van der Waals surface area contributed by atoms with Crippen LogP contribution in [0.5, 0.6) is 0 Å². The summed E-state index contributed by atoms with van der Waals surface area (Å²) in [5, 5.41) is 7.95. The highest BCUT2D eigenvalue weighted by Gasteiger charge is 2.18. The number of benzene rings is 2. The van der Waals surface area contributed by atoms with Crippen molar-refractivity contribution in [1.82, 2.24) is 25.1 Å². The molecule has 5 nitrogen and oxygen atoms in total. The van der Waals surface area contributed by atoms with Gasteiger partial charge in [-0.25, -0.2) is 8.78 Å². The topological polar surface area (TPSA) is 60.6 Å². The Hall–Kier alpha value is -4.36. The highest BCUT2D eigenvalue weighted by atomic mass is 19.1. The fourth-order valence-corrected chi connectivity index (χ4v) is 4.63. The Bertz CT molecular complexity index is 1640. The molecule has 0 aliphatic carbocycles. The molecule has 3 heterocycles. The van der Waals surface area contributed by atoms with Crippen LogP contribution in [0.1, 0.15) is 22.4 Å². The van der Waals surface area contributed by atoms with Crippen molar-refractivity contribution < 1.29 is 8.78 Å². The van der Waals surface area contributed by atoms with Crippen LogP contribution in [0.3, 0.4) is 0 Å². The normalized spacial score (nSPS) is 12.0. The summed E-state index contributed by atoms with van der Waals surface area (Å²) in [6.45, 7) is 6.50. The summed E-state index contributed by atoms with van der Waals surface area (Å²) < 4.78 is 29.2. The lowest BCUT2D eigenvalue weighted by Gasteiger charge is -2.10. The molecular formula is C30H27F2N5. The fourth-order valence-electron chi connectivity index (χ4n) is 4.63. The second-order valence-electron chi connectivity index (χ2n) is 9.32. The van der Waals surface area contributed by atoms with Gasteiger partial charge in [-0.1, -0.05) is 30.9 Å². The molecule has 2 N–H and O–H groups in total. The van der Waals surface area contributed by atoms with Crippen molar-refractivity contribution in [3.63, 3.8) is 0 Å². The quantitative estimate of drug-likeness (QED) is 0.242. The SMILES string of the molecule is C=C/C=C(/c1cccc(F)c1)c1cc(-c2n[nH]c3c(F)cc(-c4cncc(CN(C)C)c4)cc23)[nH]c1C. The van der Waals surface area contributed by atoms with Crippen molar-refractivity contribution in [2.24, 2.45) is 0 Å². The number of hydrogen-bond donors (Lipinski definition) is 2. The van der Waals surface area contributed by atoms with Gasteiger partial charge in [-0.3, -0.25) is 10.1 Å². The Labute approximate surface area is 214 Å². The van der Waals surface area contributed by atoms with E-state index in [1.807, 2.05) is 57.6 Å². The van der Waals surface area contributed by atoms with E-state index < -0.39 is 0 Å². The van der Waals surface area contributed by atoms with Gasteiger partial charge in [0.15, 0.2) is 0 Å². The van der Waals surface area contributed by atoms with Crippen molar-refractivity contribution in [1.29, 1.82) is 0 Å². The Morgan fingerprint density at radius 3 is 2.65 bits per heavy atom. The molecule has 37 heavy (non-hydrogen) atoms. The molecular weight excluding hydrogens is 468 g/mol. The predicted octanol–water partition coefficient (Wildman–Crippen LogP) is 6.89. The lowest BCUT2D eigenvalue weighted by atomic mass is 9.97. The van der Waals surface area contributed by atoms with Crippen LogP contribution in [-0.2, 0) is 6.54 Å². The van der Waals surface area contributed by atoms with Gasteiger partial charge in [0.25, 0.3) is 0 Å². The third-order valence-corrected chi connectivity index (χ3v) is 6.23. The summed E-state index contributed by atoms with van der Waals surface area (Å²) in [7, 11) is 3.99. The van der Waals surface area contributed by atoms with Gasteiger partial charge in [0.05, 0.1) is 5.69 Å². The molecule has 0 radical (unpaired) electrons. The fraction of sp³-hybridized carbons (Fsp3) is 0.133. The average Bonchev–Trinajstić information content (AvgIpc) is 3.46. The first-order chi connectivity index (χ1) is 17.8. The van der Waals surface area contributed by atoms with Gasteiger partial charge in [-0.15, -0.1) is 0 Å². The Morgan fingerprint density at radius 1 is 1.05 bits per heavy atom. The van der Waals surface area contributed by atoms with Gasteiger partial charge in [0.2, 0.25) is 0 Å². The van der Waals surface area contributed by atoms with Crippen LogP contribution in [0, 0.1) is 18.6 Å². The predicted molar refractivity (Wildman–Crippen MR) is 145 cm³/mol. The van der Waals surface area contributed by atoms with Gasteiger partial charge in [-0.05, 0) is 79.7 Å². The maximum atomic E-state index is 15.2. The molecule has 0 aliphatic rings. The third-order valence-electron chi connectivity index (χ3n) is 6.23. The number of allylic oxidation sites excluding steroid dienone is 2. The molecule has 0 aliphatic heterocycles.